The summed E-state index contributed by atoms with van der Waals surface area (Å²) in [6.07, 6.45) is 0. The van der Waals surface area contributed by atoms with Gasteiger partial charge in [-0.1, -0.05) is 47.1 Å². The molecular weight excluding hydrogens is 448 g/mol. The molecule has 0 spiro atoms. The highest BCUT2D eigenvalue weighted by atomic mass is 35.5. The SMILES string of the molecule is CCn1c(COc2ccc(Cl)c(C)c2)nnc1SCc1csc(-c2cccc(C)c2)n1. The Kier molecular flexibility index (Phi) is 6.95. The fourth-order valence-electron chi connectivity index (χ4n) is 3.13. The van der Waals surface area contributed by atoms with E-state index < -0.39 is 0 Å². The quantitative estimate of drug-likeness (QED) is 0.273. The number of nitrogens with zero attached hydrogens (tertiary/aromatic N) is 4. The van der Waals surface area contributed by atoms with Crippen LogP contribution in [0.25, 0.3) is 10.6 Å². The molecule has 0 bridgehead atoms. The fraction of sp³-hybridized carbons (Fsp3) is 0.261. The van der Waals surface area contributed by atoms with Crippen molar-refractivity contribution in [3.05, 3.63) is 75.5 Å². The molecule has 0 unspecified atom stereocenters. The van der Waals surface area contributed by atoms with Gasteiger partial charge in [-0.3, -0.25) is 0 Å². The maximum atomic E-state index is 6.09. The van der Waals surface area contributed by atoms with Gasteiger partial charge in [0.25, 0.3) is 0 Å². The van der Waals surface area contributed by atoms with Crippen molar-refractivity contribution in [1.29, 1.82) is 0 Å². The summed E-state index contributed by atoms with van der Waals surface area (Å²) >= 11 is 9.40. The maximum absolute atomic E-state index is 6.09. The lowest BCUT2D eigenvalue weighted by molar-refractivity contribution is 0.288. The third-order valence-corrected chi connectivity index (χ3v) is 7.14. The van der Waals surface area contributed by atoms with Crippen molar-refractivity contribution in [1.82, 2.24) is 19.7 Å². The molecule has 0 fully saturated rings. The van der Waals surface area contributed by atoms with E-state index in [-0.39, 0.29) is 0 Å². The molecule has 31 heavy (non-hydrogen) atoms. The van der Waals surface area contributed by atoms with Crippen LogP contribution in [0.1, 0.15) is 29.6 Å². The second-order valence-electron chi connectivity index (χ2n) is 7.14. The Morgan fingerprint density at radius 1 is 1.13 bits per heavy atom. The van der Waals surface area contributed by atoms with Crippen LogP contribution in [-0.2, 0) is 18.9 Å². The van der Waals surface area contributed by atoms with E-state index in [4.69, 9.17) is 21.3 Å². The van der Waals surface area contributed by atoms with Crippen molar-refractivity contribution in [2.45, 2.75) is 44.8 Å². The third-order valence-electron chi connectivity index (χ3n) is 4.77. The second kappa shape index (κ2) is 9.85. The number of thioether (sulfide) groups is 1. The van der Waals surface area contributed by atoms with Crippen LogP contribution < -0.4 is 4.74 Å². The van der Waals surface area contributed by atoms with Crippen molar-refractivity contribution in [2.24, 2.45) is 0 Å². The van der Waals surface area contributed by atoms with E-state index in [0.717, 1.165) is 55.9 Å². The molecule has 0 radical (unpaired) electrons. The number of benzene rings is 2. The predicted octanol–water partition coefficient (Wildman–Crippen LogP) is 6.56. The molecule has 160 valence electrons. The van der Waals surface area contributed by atoms with Gasteiger partial charge in [0.15, 0.2) is 11.0 Å². The van der Waals surface area contributed by atoms with Crippen molar-refractivity contribution >= 4 is 34.7 Å². The molecule has 4 rings (SSSR count). The van der Waals surface area contributed by atoms with Crippen molar-refractivity contribution in [2.75, 3.05) is 0 Å². The molecule has 0 saturated heterocycles. The highest BCUT2D eigenvalue weighted by Gasteiger charge is 2.14. The third kappa shape index (κ3) is 5.29. The number of ether oxygens (including phenoxy) is 1. The number of aromatic nitrogens is 4. The lowest BCUT2D eigenvalue weighted by Gasteiger charge is -2.09. The van der Waals surface area contributed by atoms with Gasteiger partial charge in [0.05, 0.1) is 5.69 Å². The fourth-order valence-corrected chi connectivity index (χ4v) is 5.08. The van der Waals surface area contributed by atoms with E-state index >= 15 is 0 Å². The molecule has 2 aromatic carbocycles. The summed E-state index contributed by atoms with van der Waals surface area (Å²) in [6, 6.07) is 14.1. The molecule has 0 atom stereocenters. The van der Waals surface area contributed by atoms with Crippen molar-refractivity contribution in [3.8, 4) is 16.3 Å². The van der Waals surface area contributed by atoms with Crippen LogP contribution in [0, 0.1) is 13.8 Å². The number of hydrogen-bond donors (Lipinski definition) is 0. The zero-order chi connectivity index (χ0) is 21.8. The molecule has 8 heteroatoms. The first kappa shape index (κ1) is 21.9. The van der Waals surface area contributed by atoms with Gasteiger partial charge in [0.1, 0.15) is 17.4 Å². The zero-order valence-electron chi connectivity index (χ0n) is 17.6. The lowest BCUT2D eigenvalue weighted by Crippen LogP contribution is -2.07. The van der Waals surface area contributed by atoms with Crippen LogP contribution in [0.5, 0.6) is 5.75 Å². The molecule has 0 saturated carbocycles. The van der Waals surface area contributed by atoms with E-state index in [1.807, 2.05) is 25.1 Å². The first-order valence-electron chi connectivity index (χ1n) is 9.98. The van der Waals surface area contributed by atoms with Crippen LogP contribution in [0.3, 0.4) is 0 Å². The summed E-state index contributed by atoms with van der Waals surface area (Å²) in [5.41, 5.74) is 4.44. The van der Waals surface area contributed by atoms with Gasteiger partial charge in [0.2, 0.25) is 0 Å². The lowest BCUT2D eigenvalue weighted by atomic mass is 10.1. The minimum Gasteiger partial charge on any atom is -0.486 e. The first-order valence-corrected chi connectivity index (χ1v) is 12.2. The Bertz CT molecular complexity index is 1190. The molecule has 0 aliphatic rings. The molecule has 5 nitrogen and oxygen atoms in total. The van der Waals surface area contributed by atoms with Crippen molar-refractivity contribution < 1.29 is 4.74 Å². The maximum Gasteiger partial charge on any atom is 0.191 e. The number of halogens is 1. The molecule has 0 aliphatic carbocycles. The molecule has 0 N–H and O–H groups in total. The van der Waals surface area contributed by atoms with Crippen LogP contribution in [0.15, 0.2) is 53.0 Å². The highest BCUT2D eigenvalue weighted by molar-refractivity contribution is 7.98. The Morgan fingerprint density at radius 2 is 2.00 bits per heavy atom. The minimum atomic E-state index is 0.358. The van der Waals surface area contributed by atoms with Crippen LogP contribution in [0.2, 0.25) is 5.02 Å². The average Bonchev–Trinajstić information content (AvgIpc) is 3.39. The first-order chi connectivity index (χ1) is 15.0. The van der Waals surface area contributed by atoms with Gasteiger partial charge < -0.3 is 9.30 Å². The summed E-state index contributed by atoms with van der Waals surface area (Å²) in [7, 11) is 0. The van der Waals surface area contributed by atoms with E-state index in [1.54, 1.807) is 23.1 Å². The van der Waals surface area contributed by atoms with Gasteiger partial charge in [-0.2, -0.15) is 0 Å². The Hall–Kier alpha value is -2.35. The van der Waals surface area contributed by atoms with Crippen LogP contribution >= 0.6 is 34.7 Å². The Labute approximate surface area is 195 Å². The van der Waals surface area contributed by atoms with Crippen LogP contribution in [0.4, 0.5) is 0 Å². The summed E-state index contributed by atoms with van der Waals surface area (Å²) < 4.78 is 7.99. The number of aryl methyl sites for hydroxylation is 2. The average molecular weight is 471 g/mol. The summed E-state index contributed by atoms with van der Waals surface area (Å²) in [6.45, 7) is 7.28. The smallest absolute Gasteiger partial charge is 0.191 e. The monoisotopic (exact) mass is 470 g/mol. The van der Waals surface area contributed by atoms with E-state index in [9.17, 15) is 0 Å². The summed E-state index contributed by atoms with van der Waals surface area (Å²) in [4.78, 5) is 4.80. The van der Waals surface area contributed by atoms with Gasteiger partial charge in [0, 0.05) is 28.3 Å². The van der Waals surface area contributed by atoms with Gasteiger partial charge in [-0.25, -0.2) is 4.98 Å². The zero-order valence-corrected chi connectivity index (χ0v) is 20.0. The number of thiazole rings is 1. The molecule has 4 aromatic rings. The molecular formula is C23H23ClN4OS2. The normalized spacial score (nSPS) is 11.1. The standard InChI is InChI=1S/C23H23ClN4OS2/c1-4-28-21(12-29-19-8-9-20(24)16(3)11-19)26-27-23(28)31-14-18-13-30-22(25-18)17-7-5-6-15(2)10-17/h5-11,13H,4,12,14H2,1-3H3. The molecule has 0 amide bonds. The summed E-state index contributed by atoms with van der Waals surface area (Å²) in [5, 5.41) is 13.5. The van der Waals surface area contributed by atoms with E-state index in [0.29, 0.717) is 6.61 Å². The second-order valence-corrected chi connectivity index (χ2v) is 9.35. The number of rotatable bonds is 8. The Balaban J connectivity index is 1.40. The number of hydrogen-bond acceptors (Lipinski definition) is 6. The molecule has 2 aromatic heterocycles. The van der Waals surface area contributed by atoms with Gasteiger partial charge in [-0.05, 0) is 50.6 Å². The summed E-state index contributed by atoms with van der Waals surface area (Å²) in [5.74, 6) is 2.32. The van der Waals surface area contributed by atoms with Crippen LogP contribution in [-0.4, -0.2) is 19.7 Å². The van der Waals surface area contributed by atoms with Gasteiger partial charge >= 0.3 is 0 Å². The van der Waals surface area contributed by atoms with E-state index in [2.05, 4.69) is 58.3 Å². The largest absolute Gasteiger partial charge is 0.486 e. The topological polar surface area (TPSA) is 52.8 Å². The van der Waals surface area contributed by atoms with Crippen molar-refractivity contribution in [3.63, 3.8) is 0 Å². The predicted molar refractivity (Wildman–Crippen MR) is 128 cm³/mol. The highest BCUT2D eigenvalue weighted by Crippen LogP contribution is 2.28. The molecule has 2 heterocycles. The van der Waals surface area contributed by atoms with Gasteiger partial charge in [-0.15, -0.1) is 21.5 Å². The minimum absolute atomic E-state index is 0.358. The Morgan fingerprint density at radius 3 is 2.77 bits per heavy atom. The van der Waals surface area contributed by atoms with E-state index in [1.165, 1.54) is 5.56 Å². The molecule has 0 aliphatic heterocycles.